The van der Waals surface area contributed by atoms with Crippen molar-refractivity contribution in [2.45, 2.75) is 13.8 Å². The molecule has 0 unspecified atom stereocenters. The highest BCUT2D eigenvalue weighted by atomic mass is 16.3. The number of aryl methyl sites for hydroxylation is 2. The number of fused-ring (bicyclic) bond motifs is 2. The molecular formula is C16H14O4. The summed E-state index contributed by atoms with van der Waals surface area (Å²) in [4.78, 5) is 0. The van der Waals surface area contributed by atoms with Gasteiger partial charge in [-0.15, -0.1) is 0 Å². The van der Waals surface area contributed by atoms with Crippen molar-refractivity contribution in [1.29, 1.82) is 0 Å². The molecule has 0 radical (unpaired) electrons. The van der Waals surface area contributed by atoms with E-state index in [0.29, 0.717) is 5.56 Å². The van der Waals surface area contributed by atoms with Crippen molar-refractivity contribution in [2.75, 3.05) is 0 Å². The quantitative estimate of drug-likeness (QED) is 0.372. The molecule has 0 bridgehead atoms. The summed E-state index contributed by atoms with van der Waals surface area (Å²) < 4.78 is 0. The summed E-state index contributed by atoms with van der Waals surface area (Å²) >= 11 is 0. The predicted octanol–water partition coefficient (Wildman–Crippen LogP) is 3.43. The van der Waals surface area contributed by atoms with Crippen LogP contribution in [-0.4, -0.2) is 20.4 Å². The normalized spacial score (nSPS) is 11.3. The smallest absolute Gasteiger partial charge is 0.161 e. The van der Waals surface area contributed by atoms with Crippen molar-refractivity contribution in [2.24, 2.45) is 0 Å². The Morgan fingerprint density at radius 1 is 0.600 bits per heavy atom. The number of benzene rings is 3. The molecule has 0 fully saturated rings. The van der Waals surface area contributed by atoms with Gasteiger partial charge in [-0.2, -0.15) is 0 Å². The van der Waals surface area contributed by atoms with Gasteiger partial charge in [0.2, 0.25) is 0 Å². The Labute approximate surface area is 115 Å². The molecule has 4 N–H and O–H groups in total. The summed E-state index contributed by atoms with van der Waals surface area (Å²) in [6, 6.07) is 6.32. The van der Waals surface area contributed by atoms with Crippen molar-refractivity contribution < 1.29 is 20.4 Å². The van der Waals surface area contributed by atoms with Crippen LogP contribution in [0.5, 0.6) is 23.0 Å². The van der Waals surface area contributed by atoms with Crippen molar-refractivity contribution in [3.63, 3.8) is 0 Å². The molecule has 3 aromatic carbocycles. The van der Waals surface area contributed by atoms with Crippen LogP contribution >= 0.6 is 0 Å². The molecule has 0 aromatic heterocycles. The van der Waals surface area contributed by atoms with E-state index in [0.717, 1.165) is 27.1 Å². The molecule has 0 heterocycles. The number of hydrogen-bond donors (Lipinski definition) is 4. The van der Waals surface area contributed by atoms with Crippen LogP contribution in [0.4, 0.5) is 0 Å². The number of rotatable bonds is 0. The van der Waals surface area contributed by atoms with Crippen molar-refractivity contribution in [1.82, 2.24) is 0 Å². The van der Waals surface area contributed by atoms with Gasteiger partial charge in [-0.3, -0.25) is 0 Å². The maximum atomic E-state index is 9.83. The van der Waals surface area contributed by atoms with Gasteiger partial charge in [0.1, 0.15) is 0 Å². The van der Waals surface area contributed by atoms with Crippen LogP contribution in [0.2, 0.25) is 0 Å². The fourth-order valence-corrected chi connectivity index (χ4v) is 2.64. The fourth-order valence-electron chi connectivity index (χ4n) is 2.64. The van der Waals surface area contributed by atoms with Gasteiger partial charge in [0.25, 0.3) is 0 Å². The lowest BCUT2D eigenvalue weighted by Gasteiger charge is -2.13. The average Bonchev–Trinajstić information content (AvgIpc) is 2.41. The van der Waals surface area contributed by atoms with E-state index < -0.39 is 0 Å². The van der Waals surface area contributed by atoms with Gasteiger partial charge in [-0.05, 0) is 65.2 Å². The number of phenolic OH excluding ortho intramolecular Hbond substituents is 4. The predicted molar refractivity (Wildman–Crippen MR) is 77.6 cm³/mol. The van der Waals surface area contributed by atoms with Crippen molar-refractivity contribution >= 4 is 21.5 Å². The molecule has 3 aromatic rings. The van der Waals surface area contributed by atoms with E-state index in [2.05, 4.69) is 0 Å². The fraction of sp³-hybridized carbons (Fsp3) is 0.125. The van der Waals surface area contributed by atoms with Gasteiger partial charge >= 0.3 is 0 Å². The SMILES string of the molecule is Cc1c(O)c(O)cc2c(C)c3cc(O)c(O)cc3cc12. The molecule has 0 amide bonds. The van der Waals surface area contributed by atoms with E-state index in [1.807, 2.05) is 13.0 Å². The molecule has 4 heteroatoms. The highest BCUT2D eigenvalue weighted by molar-refractivity contribution is 6.05. The van der Waals surface area contributed by atoms with E-state index in [1.165, 1.54) is 18.2 Å². The van der Waals surface area contributed by atoms with Crippen LogP contribution in [0.1, 0.15) is 11.1 Å². The minimum Gasteiger partial charge on any atom is -0.504 e. The number of aromatic hydroxyl groups is 4. The zero-order valence-corrected chi connectivity index (χ0v) is 11.1. The van der Waals surface area contributed by atoms with Gasteiger partial charge in [-0.25, -0.2) is 0 Å². The Kier molecular flexibility index (Phi) is 2.44. The first-order valence-electron chi connectivity index (χ1n) is 6.20. The zero-order valence-electron chi connectivity index (χ0n) is 11.1. The second-order valence-corrected chi connectivity index (χ2v) is 5.03. The summed E-state index contributed by atoms with van der Waals surface area (Å²) in [5.41, 5.74) is 1.45. The van der Waals surface area contributed by atoms with E-state index in [-0.39, 0.29) is 23.0 Å². The van der Waals surface area contributed by atoms with Gasteiger partial charge in [-0.1, -0.05) is 0 Å². The molecule has 4 nitrogen and oxygen atoms in total. The molecule has 0 atom stereocenters. The first-order chi connectivity index (χ1) is 9.40. The maximum absolute atomic E-state index is 9.83. The number of phenols is 4. The average molecular weight is 270 g/mol. The third-order valence-corrected chi connectivity index (χ3v) is 3.83. The summed E-state index contributed by atoms with van der Waals surface area (Å²) in [6.07, 6.45) is 0. The molecule has 0 aliphatic rings. The summed E-state index contributed by atoms with van der Waals surface area (Å²) in [6.45, 7) is 3.60. The van der Waals surface area contributed by atoms with E-state index in [4.69, 9.17) is 0 Å². The van der Waals surface area contributed by atoms with Crippen LogP contribution in [-0.2, 0) is 0 Å². The zero-order chi connectivity index (χ0) is 14.6. The van der Waals surface area contributed by atoms with Gasteiger partial charge in [0.05, 0.1) is 0 Å². The molecule has 0 aliphatic carbocycles. The molecule has 102 valence electrons. The molecule has 0 spiro atoms. The van der Waals surface area contributed by atoms with E-state index >= 15 is 0 Å². The monoisotopic (exact) mass is 270 g/mol. The van der Waals surface area contributed by atoms with Crippen LogP contribution in [0.15, 0.2) is 24.3 Å². The summed E-state index contributed by atoms with van der Waals surface area (Å²) in [5.74, 6) is -0.670. The Balaban J connectivity index is 2.57. The van der Waals surface area contributed by atoms with Crippen LogP contribution in [0.25, 0.3) is 21.5 Å². The Hall–Kier alpha value is -2.62. The Morgan fingerprint density at radius 3 is 1.85 bits per heavy atom. The lowest BCUT2D eigenvalue weighted by Crippen LogP contribution is -1.87. The highest BCUT2D eigenvalue weighted by Crippen LogP contribution is 2.41. The van der Waals surface area contributed by atoms with Crippen molar-refractivity contribution in [3.8, 4) is 23.0 Å². The Bertz CT molecular complexity index is 866. The highest BCUT2D eigenvalue weighted by Gasteiger charge is 2.13. The first kappa shape index (κ1) is 12.4. The molecule has 3 rings (SSSR count). The lowest BCUT2D eigenvalue weighted by molar-refractivity contribution is 0.402. The van der Waals surface area contributed by atoms with Crippen LogP contribution in [0.3, 0.4) is 0 Å². The second-order valence-electron chi connectivity index (χ2n) is 5.03. The molecular weight excluding hydrogens is 256 g/mol. The van der Waals surface area contributed by atoms with Crippen LogP contribution < -0.4 is 0 Å². The lowest BCUT2D eigenvalue weighted by atomic mass is 9.94. The topological polar surface area (TPSA) is 80.9 Å². The van der Waals surface area contributed by atoms with Crippen LogP contribution in [0, 0.1) is 13.8 Å². The van der Waals surface area contributed by atoms with E-state index in [1.54, 1.807) is 6.92 Å². The van der Waals surface area contributed by atoms with Gasteiger partial charge < -0.3 is 20.4 Å². The Morgan fingerprint density at radius 2 is 1.15 bits per heavy atom. The molecule has 0 saturated heterocycles. The third-order valence-electron chi connectivity index (χ3n) is 3.83. The summed E-state index contributed by atoms with van der Waals surface area (Å²) in [5, 5.41) is 42.0. The maximum Gasteiger partial charge on any atom is 0.161 e. The molecule has 0 saturated carbocycles. The van der Waals surface area contributed by atoms with Gasteiger partial charge in [0.15, 0.2) is 23.0 Å². The third kappa shape index (κ3) is 1.54. The minimum absolute atomic E-state index is 0.140. The molecule has 0 aliphatic heterocycles. The minimum atomic E-state index is -0.183. The summed E-state index contributed by atoms with van der Waals surface area (Å²) in [7, 11) is 0. The standard InChI is InChI=1S/C16H14O4/c1-7-10-5-14(18)13(17)4-9(10)3-11-8(2)16(20)15(19)6-12(7)11/h3-6,17-20H,1-2H3. The van der Waals surface area contributed by atoms with E-state index in [9.17, 15) is 20.4 Å². The second kappa shape index (κ2) is 3.93. The molecule has 20 heavy (non-hydrogen) atoms. The largest absolute Gasteiger partial charge is 0.504 e. The van der Waals surface area contributed by atoms with Gasteiger partial charge in [0, 0.05) is 5.56 Å². The number of hydrogen-bond acceptors (Lipinski definition) is 4. The first-order valence-corrected chi connectivity index (χ1v) is 6.20. The van der Waals surface area contributed by atoms with Crippen molar-refractivity contribution in [3.05, 3.63) is 35.4 Å².